The van der Waals surface area contributed by atoms with E-state index in [1.165, 1.54) is 5.54 Å². The Morgan fingerprint density at radius 3 is 2.62 bits per heavy atom. The van der Waals surface area contributed by atoms with Gasteiger partial charge in [-0.1, -0.05) is 11.6 Å². The number of carbonyl (C=O) groups excluding carboxylic acids is 1. The maximum atomic E-state index is 12.5. The van der Waals surface area contributed by atoms with E-state index in [4.69, 9.17) is 31.5 Å². The molecule has 0 aliphatic carbocycles. The van der Waals surface area contributed by atoms with Crippen LogP contribution in [0.2, 0.25) is 0 Å². The fourth-order valence-corrected chi connectivity index (χ4v) is 3.84. The zero-order valence-electron chi connectivity index (χ0n) is 18.5. The number of likely N-dealkylation sites (tertiary alicyclic amines) is 1. The Labute approximate surface area is 180 Å². The third-order valence-electron chi connectivity index (χ3n) is 5.50. The molecular weight excluding hydrogens is 394 g/mol. The van der Waals surface area contributed by atoms with Gasteiger partial charge in [-0.25, -0.2) is 4.79 Å². The largest absolute Gasteiger partial charge is 0.444 e. The SMILES string of the molecule is CC(O[C@@H]1CCOC1)C(C)(N)/C(=C/Cl)N[C@@H]1CCCCN(C(=O)OC(C)(C)C)C1. The summed E-state index contributed by atoms with van der Waals surface area (Å²) in [5, 5.41) is 3.48. The number of nitrogens with two attached hydrogens (primary N) is 1. The number of ether oxygens (including phenoxy) is 3. The molecule has 2 aliphatic heterocycles. The summed E-state index contributed by atoms with van der Waals surface area (Å²) in [7, 11) is 0. The number of nitrogens with one attached hydrogen (secondary N) is 1. The van der Waals surface area contributed by atoms with Gasteiger partial charge in [-0.05, 0) is 60.3 Å². The average molecular weight is 432 g/mol. The van der Waals surface area contributed by atoms with Crippen molar-refractivity contribution in [2.24, 2.45) is 5.73 Å². The van der Waals surface area contributed by atoms with Crippen LogP contribution >= 0.6 is 11.6 Å². The van der Waals surface area contributed by atoms with E-state index in [0.717, 1.165) is 32.3 Å². The van der Waals surface area contributed by atoms with Crippen molar-refractivity contribution in [3.63, 3.8) is 0 Å². The van der Waals surface area contributed by atoms with Crippen molar-refractivity contribution in [3.8, 4) is 0 Å². The molecule has 2 heterocycles. The fourth-order valence-electron chi connectivity index (χ4n) is 3.55. The Balaban J connectivity index is 2.00. The van der Waals surface area contributed by atoms with Crippen LogP contribution in [0, 0.1) is 0 Å². The summed E-state index contributed by atoms with van der Waals surface area (Å²) in [6.07, 6.45) is 3.29. The fraction of sp³-hybridized carbons (Fsp3) is 0.857. The predicted molar refractivity (Wildman–Crippen MR) is 115 cm³/mol. The number of halogens is 1. The molecule has 2 fully saturated rings. The van der Waals surface area contributed by atoms with Gasteiger partial charge in [-0.3, -0.25) is 0 Å². The Kier molecular flexibility index (Phi) is 8.64. The van der Waals surface area contributed by atoms with Crippen LogP contribution < -0.4 is 11.1 Å². The highest BCUT2D eigenvalue weighted by Crippen LogP contribution is 2.24. The molecule has 2 rings (SSSR count). The van der Waals surface area contributed by atoms with E-state index in [0.29, 0.717) is 25.4 Å². The highest BCUT2D eigenvalue weighted by molar-refractivity contribution is 6.25. The molecule has 0 bridgehead atoms. The summed E-state index contributed by atoms with van der Waals surface area (Å²) in [5.41, 5.74) is 7.53. The Hall–Kier alpha value is -1.02. The molecule has 2 aliphatic rings. The topological polar surface area (TPSA) is 86.1 Å². The van der Waals surface area contributed by atoms with Crippen LogP contribution in [0.4, 0.5) is 4.79 Å². The molecule has 0 spiro atoms. The maximum Gasteiger partial charge on any atom is 0.410 e. The molecule has 2 unspecified atom stereocenters. The van der Waals surface area contributed by atoms with Crippen LogP contribution in [0.25, 0.3) is 0 Å². The number of hydrogen-bond donors (Lipinski definition) is 2. The molecule has 0 aromatic heterocycles. The van der Waals surface area contributed by atoms with Gasteiger partial charge >= 0.3 is 6.09 Å². The smallest absolute Gasteiger partial charge is 0.410 e. The summed E-state index contributed by atoms with van der Waals surface area (Å²) in [5.74, 6) is 0. The van der Waals surface area contributed by atoms with Crippen LogP contribution in [0.5, 0.6) is 0 Å². The minimum absolute atomic E-state index is 0.0416. The molecule has 0 saturated carbocycles. The van der Waals surface area contributed by atoms with Gasteiger partial charge in [0.15, 0.2) is 0 Å². The highest BCUT2D eigenvalue weighted by atomic mass is 35.5. The molecule has 3 N–H and O–H groups in total. The van der Waals surface area contributed by atoms with Gasteiger partial charge < -0.3 is 30.2 Å². The predicted octanol–water partition coefficient (Wildman–Crippen LogP) is 3.36. The zero-order valence-corrected chi connectivity index (χ0v) is 19.3. The first-order chi connectivity index (χ1) is 13.5. The molecule has 2 saturated heterocycles. The normalized spacial score (nSPS) is 27.1. The lowest BCUT2D eigenvalue weighted by Crippen LogP contribution is -2.56. The van der Waals surface area contributed by atoms with Crippen molar-refractivity contribution < 1.29 is 19.0 Å². The van der Waals surface area contributed by atoms with E-state index in [2.05, 4.69) is 5.32 Å². The third kappa shape index (κ3) is 7.31. The molecule has 168 valence electrons. The molecule has 8 heteroatoms. The second-order valence-corrected chi connectivity index (χ2v) is 9.55. The maximum absolute atomic E-state index is 12.5. The van der Waals surface area contributed by atoms with E-state index in [-0.39, 0.29) is 24.3 Å². The van der Waals surface area contributed by atoms with Crippen LogP contribution in [-0.4, -0.2) is 66.7 Å². The van der Waals surface area contributed by atoms with Gasteiger partial charge in [0.1, 0.15) is 5.60 Å². The van der Waals surface area contributed by atoms with Gasteiger partial charge in [0.05, 0.1) is 24.4 Å². The van der Waals surface area contributed by atoms with Crippen molar-refractivity contribution in [3.05, 3.63) is 11.2 Å². The molecular formula is C21H38ClN3O4. The summed E-state index contributed by atoms with van der Waals surface area (Å²) in [6.45, 7) is 12.1. The quantitative estimate of drug-likeness (QED) is 0.670. The summed E-state index contributed by atoms with van der Waals surface area (Å²) in [6, 6.07) is 0.0416. The second-order valence-electron chi connectivity index (χ2n) is 9.33. The molecule has 4 atom stereocenters. The van der Waals surface area contributed by atoms with E-state index >= 15 is 0 Å². The Morgan fingerprint density at radius 1 is 1.31 bits per heavy atom. The number of rotatable bonds is 6. The average Bonchev–Trinajstić information content (AvgIpc) is 3.01. The van der Waals surface area contributed by atoms with E-state index in [1.807, 2.05) is 34.6 Å². The number of nitrogens with zero attached hydrogens (tertiary/aromatic N) is 1. The van der Waals surface area contributed by atoms with Crippen molar-refractivity contribution in [1.82, 2.24) is 10.2 Å². The number of carbonyl (C=O) groups is 1. The Bertz CT molecular complexity index is 571. The van der Waals surface area contributed by atoms with Crippen molar-refractivity contribution >= 4 is 17.7 Å². The van der Waals surface area contributed by atoms with E-state index in [9.17, 15) is 4.79 Å². The first kappa shape index (κ1) is 24.3. The lowest BCUT2D eigenvalue weighted by Gasteiger charge is -2.37. The van der Waals surface area contributed by atoms with Gasteiger partial charge in [0.2, 0.25) is 0 Å². The second kappa shape index (κ2) is 10.3. The minimum Gasteiger partial charge on any atom is -0.444 e. The third-order valence-corrected chi connectivity index (χ3v) is 5.72. The highest BCUT2D eigenvalue weighted by Gasteiger charge is 2.36. The first-order valence-electron chi connectivity index (χ1n) is 10.6. The van der Waals surface area contributed by atoms with Crippen molar-refractivity contribution in [2.75, 3.05) is 26.3 Å². The first-order valence-corrected chi connectivity index (χ1v) is 11.0. The van der Waals surface area contributed by atoms with Crippen LogP contribution in [0.1, 0.15) is 60.3 Å². The van der Waals surface area contributed by atoms with E-state index in [1.54, 1.807) is 4.90 Å². The molecule has 0 aromatic carbocycles. The van der Waals surface area contributed by atoms with E-state index < -0.39 is 11.1 Å². The summed E-state index contributed by atoms with van der Waals surface area (Å²) < 4.78 is 17.1. The summed E-state index contributed by atoms with van der Waals surface area (Å²) in [4.78, 5) is 14.3. The van der Waals surface area contributed by atoms with Gasteiger partial charge in [-0.15, -0.1) is 0 Å². The standard InChI is InChI=1S/C21H38ClN3O4/c1-15(28-17-9-11-27-14-17)21(5,23)18(12-22)24-16-8-6-7-10-25(13-16)19(26)29-20(2,3)4/h12,15-17,24H,6-11,13-14,23H2,1-5H3/b18-12-/t15?,16-,17-,21?/m1/s1. The monoisotopic (exact) mass is 431 g/mol. The van der Waals surface area contributed by atoms with Gasteiger partial charge in [0.25, 0.3) is 0 Å². The lowest BCUT2D eigenvalue weighted by atomic mass is 9.92. The van der Waals surface area contributed by atoms with Crippen LogP contribution in [-0.2, 0) is 14.2 Å². The van der Waals surface area contributed by atoms with Gasteiger partial charge in [0, 0.05) is 37.0 Å². The molecule has 1 amide bonds. The van der Waals surface area contributed by atoms with Crippen LogP contribution in [0.15, 0.2) is 11.2 Å². The molecule has 0 aromatic rings. The summed E-state index contributed by atoms with van der Waals surface area (Å²) >= 11 is 6.17. The zero-order chi connectivity index (χ0) is 21.7. The van der Waals surface area contributed by atoms with Crippen molar-refractivity contribution in [2.45, 2.75) is 89.7 Å². The molecule has 29 heavy (non-hydrogen) atoms. The molecule has 0 radical (unpaired) electrons. The Morgan fingerprint density at radius 2 is 2.03 bits per heavy atom. The number of hydrogen-bond acceptors (Lipinski definition) is 6. The lowest BCUT2D eigenvalue weighted by molar-refractivity contribution is -0.0337. The van der Waals surface area contributed by atoms with Crippen LogP contribution in [0.3, 0.4) is 0 Å². The van der Waals surface area contributed by atoms with Crippen molar-refractivity contribution in [1.29, 1.82) is 0 Å². The van der Waals surface area contributed by atoms with Gasteiger partial charge in [-0.2, -0.15) is 0 Å². The minimum atomic E-state index is -0.798. The molecule has 7 nitrogen and oxygen atoms in total. The number of amides is 1.